The number of carbonyl (C=O) groups excluding carboxylic acids is 1. The van der Waals surface area contributed by atoms with Gasteiger partial charge >= 0.3 is 0 Å². The number of rotatable bonds is 7. The van der Waals surface area contributed by atoms with Crippen LogP contribution in [0.1, 0.15) is 43.7 Å². The number of nitrogens with one attached hydrogen (secondary N) is 1. The summed E-state index contributed by atoms with van der Waals surface area (Å²) in [6, 6.07) is 21.3. The molecule has 2 aromatic rings. The summed E-state index contributed by atoms with van der Waals surface area (Å²) >= 11 is 0. The molecule has 2 aromatic carbocycles. The zero-order chi connectivity index (χ0) is 20.2. The van der Waals surface area contributed by atoms with Crippen LogP contribution in [-0.4, -0.2) is 36.5 Å². The van der Waals surface area contributed by atoms with E-state index in [4.69, 9.17) is 0 Å². The van der Waals surface area contributed by atoms with E-state index in [1.54, 1.807) is 0 Å². The summed E-state index contributed by atoms with van der Waals surface area (Å²) in [7, 11) is 0. The van der Waals surface area contributed by atoms with E-state index < -0.39 is 0 Å². The molecule has 1 heterocycles. The summed E-state index contributed by atoms with van der Waals surface area (Å²) in [6.45, 7) is 7.73. The topological polar surface area (TPSA) is 32.3 Å². The predicted molar refractivity (Wildman–Crippen MR) is 119 cm³/mol. The van der Waals surface area contributed by atoms with Crippen molar-refractivity contribution in [2.45, 2.75) is 45.1 Å². The molecule has 4 rings (SSSR count). The molecule has 1 unspecified atom stereocenters. The van der Waals surface area contributed by atoms with E-state index >= 15 is 0 Å². The Balaban J connectivity index is 1.34. The van der Waals surface area contributed by atoms with Gasteiger partial charge in [-0.2, -0.15) is 0 Å². The van der Waals surface area contributed by atoms with Gasteiger partial charge in [0.05, 0.1) is 5.92 Å². The van der Waals surface area contributed by atoms with Crippen molar-refractivity contribution in [2.24, 2.45) is 17.8 Å². The molecule has 1 amide bonds. The van der Waals surface area contributed by atoms with Gasteiger partial charge in [0.15, 0.2) is 0 Å². The molecule has 0 aromatic heterocycles. The summed E-state index contributed by atoms with van der Waals surface area (Å²) in [5.41, 5.74) is 2.54. The van der Waals surface area contributed by atoms with Crippen LogP contribution in [0.25, 0.3) is 0 Å². The van der Waals surface area contributed by atoms with Gasteiger partial charge in [-0.15, -0.1) is 0 Å². The summed E-state index contributed by atoms with van der Waals surface area (Å²) < 4.78 is 0. The normalized spacial score (nSPS) is 25.1. The Kier molecular flexibility index (Phi) is 6.34. The fourth-order valence-electron chi connectivity index (χ4n) is 5.42. The van der Waals surface area contributed by atoms with Crippen molar-refractivity contribution in [3.63, 3.8) is 0 Å². The molecule has 0 radical (unpaired) electrons. The Bertz CT molecular complexity index is 789. The lowest BCUT2D eigenvalue weighted by atomic mass is 9.87. The third-order valence-corrected chi connectivity index (χ3v) is 6.93. The first-order chi connectivity index (χ1) is 14.1. The van der Waals surface area contributed by atoms with Gasteiger partial charge in [-0.1, -0.05) is 74.5 Å². The minimum absolute atomic E-state index is 0.0640. The Morgan fingerprint density at radius 1 is 1.00 bits per heavy atom. The molecule has 2 fully saturated rings. The fourth-order valence-corrected chi connectivity index (χ4v) is 5.42. The van der Waals surface area contributed by atoms with Crippen LogP contribution in [-0.2, 0) is 11.2 Å². The lowest BCUT2D eigenvalue weighted by Crippen LogP contribution is -2.43. The molecule has 1 N–H and O–H groups in total. The molecule has 1 aliphatic heterocycles. The van der Waals surface area contributed by atoms with E-state index in [-0.39, 0.29) is 11.8 Å². The van der Waals surface area contributed by atoms with Gasteiger partial charge in [-0.05, 0) is 48.1 Å². The van der Waals surface area contributed by atoms with Crippen molar-refractivity contribution >= 4 is 5.91 Å². The number of nitrogens with zero attached hydrogens (tertiary/aromatic N) is 1. The first-order valence-electron chi connectivity index (χ1n) is 11.2. The molecule has 4 atom stereocenters. The second kappa shape index (κ2) is 9.13. The van der Waals surface area contributed by atoms with Crippen LogP contribution < -0.4 is 5.32 Å². The molecule has 3 nitrogen and oxygen atoms in total. The second-order valence-corrected chi connectivity index (χ2v) is 9.24. The molecular weight excluding hydrogens is 356 g/mol. The molecule has 0 bridgehead atoms. The summed E-state index contributed by atoms with van der Waals surface area (Å²) in [6.07, 6.45) is 3.49. The number of fused-ring (bicyclic) bond motifs is 1. The number of hydrogen-bond donors (Lipinski definition) is 1. The lowest BCUT2D eigenvalue weighted by Gasteiger charge is -2.26. The van der Waals surface area contributed by atoms with Crippen LogP contribution in [0.3, 0.4) is 0 Å². The summed E-state index contributed by atoms with van der Waals surface area (Å²) in [5, 5.41) is 3.46. The molecule has 29 heavy (non-hydrogen) atoms. The Hall–Kier alpha value is -2.13. The van der Waals surface area contributed by atoms with Crippen molar-refractivity contribution < 1.29 is 4.79 Å². The number of benzene rings is 2. The molecule has 154 valence electrons. The monoisotopic (exact) mass is 390 g/mol. The van der Waals surface area contributed by atoms with E-state index in [1.807, 2.05) is 18.2 Å². The van der Waals surface area contributed by atoms with Crippen LogP contribution in [0, 0.1) is 17.8 Å². The van der Waals surface area contributed by atoms with Crippen LogP contribution in [0.4, 0.5) is 0 Å². The van der Waals surface area contributed by atoms with Gasteiger partial charge in [0.2, 0.25) is 5.91 Å². The number of likely N-dealkylation sites (tertiary alicyclic amines) is 1. The maximum atomic E-state index is 13.2. The first-order valence-corrected chi connectivity index (χ1v) is 11.2. The zero-order valence-electron chi connectivity index (χ0n) is 17.8. The molecule has 2 aliphatic rings. The summed E-state index contributed by atoms with van der Waals surface area (Å²) in [4.78, 5) is 15.8. The summed E-state index contributed by atoms with van der Waals surface area (Å²) in [5.74, 6) is 1.79. The minimum Gasteiger partial charge on any atom is -0.352 e. The average Bonchev–Trinajstić information content (AvgIpc) is 3.29. The first kappa shape index (κ1) is 20.2. The number of hydrogen-bond acceptors (Lipinski definition) is 2. The van der Waals surface area contributed by atoms with Crippen molar-refractivity contribution in [3.05, 3.63) is 71.8 Å². The van der Waals surface area contributed by atoms with Crippen LogP contribution >= 0.6 is 0 Å². The Morgan fingerprint density at radius 2 is 1.69 bits per heavy atom. The van der Waals surface area contributed by atoms with Crippen molar-refractivity contribution in [3.8, 4) is 0 Å². The Morgan fingerprint density at radius 3 is 2.38 bits per heavy atom. The van der Waals surface area contributed by atoms with Crippen LogP contribution in [0.15, 0.2) is 60.7 Å². The van der Waals surface area contributed by atoms with Gasteiger partial charge in [-0.3, -0.25) is 4.79 Å². The largest absolute Gasteiger partial charge is 0.352 e. The maximum Gasteiger partial charge on any atom is 0.228 e. The molecule has 3 heteroatoms. The standard InChI is InChI=1S/C26H34N2O/c1-19(2)25(21-11-7-4-8-12-21)26(29)27-24-14-13-22-17-28(18-23(22)24)16-15-20-9-5-3-6-10-20/h3-12,19,22-25H,13-18H2,1-2H3,(H,27,29)/t22-,23+,24+,25?/m1/s1. The molecule has 1 saturated carbocycles. The van der Waals surface area contributed by atoms with Crippen molar-refractivity contribution in [1.29, 1.82) is 0 Å². The second-order valence-electron chi connectivity index (χ2n) is 9.24. The van der Waals surface area contributed by atoms with E-state index in [1.165, 1.54) is 18.5 Å². The van der Waals surface area contributed by atoms with Gasteiger partial charge in [0.1, 0.15) is 0 Å². The molecule has 1 saturated heterocycles. The van der Waals surface area contributed by atoms with E-state index in [0.29, 0.717) is 17.9 Å². The lowest BCUT2D eigenvalue weighted by molar-refractivity contribution is -0.124. The highest BCUT2D eigenvalue weighted by atomic mass is 16.2. The third kappa shape index (κ3) is 4.72. The van der Waals surface area contributed by atoms with Gasteiger partial charge < -0.3 is 10.2 Å². The number of carbonyl (C=O) groups is 1. The third-order valence-electron chi connectivity index (χ3n) is 6.93. The fraction of sp³-hybridized carbons (Fsp3) is 0.500. The van der Waals surface area contributed by atoms with Gasteiger partial charge in [-0.25, -0.2) is 0 Å². The van der Waals surface area contributed by atoms with E-state index in [9.17, 15) is 4.79 Å². The Labute approximate surface area is 175 Å². The van der Waals surface area contributed by atoms with Gasteiger partial charge in [0.25, 0.3) is 0 Å². The van der Waals surface area contributed by atoms with Crippen LogP contribution in [0.2, 0.25) is 0 Å². The highest BCUT2D eigenvalue weighted by molar-refractivity contribution is 5.84. The highest BCUT2D eigenvalue weighted by Gasteiger charge is 2.43. The molecule has 1 aliphatic carbocycles. The van der Waals surface area contributed by atoms with E-state index in [0.717, 1.165) is 37.4 Å². The van der Waals surface area contributed by atoms with Crippen molar-refractivity contribution in [2.75, 3.05) is 19.6 Å². The highest BCUT2D eigenvalue weighted by Crippen LogP contribution is 2.38. The van der Waals surface area contributed by atoms with Crippen LogP contribution in [0.5, 0.6) is 0 Å². The smallest absolute Gasteiger partial charge is 0.228 e. The molecule has 0 spiro atoms. The predicted octanol–water partition coefficient (Wildman–Crippen LogP) is 4.50. The SMILES string of the molecule is CC(C)C(C(=O)N[C@H]1CC[C@@H]2CN(CCc3ccccc3)C[C@@H]21)c1ccccc1. The minimum atomic E-state index is -0.0640. The quantitative estimate of drug-likeness (QED) is 0.755. The number of amides is 1. The van der Waals surface area contributed by atoms with E-state index in [2.05, 4.69) is 66.5 Å². The zero-order valence-corrected chi connectivity index (χ0v) is 17.8. The average molecular weight is 391 g/mol. The van der Waals surface area contributed by atoms with Gasteiger partial charge in [0, 0.05) is 25.7 Å². The van der Waals surface area contributed by atoms with Crippen molar-refractivity contribution in [1.82, 2.24) is 10.2 Å². The maximum absolute atomic E-state index is 13.2. The molecular formula is C26H34N2O.